The summed E-state index contributed by atoms with van der Waals surface area (Å²) >= 11 is 0. The third kappa shape index (κ3) is 4.61. The molecule has 0 unspecified atom stereocenters. The second-order valence-electron chi connectivity index (χ2n) is 3.16. The fourth-order valence-corrected chi connectivity index (χ4v) is 0.940. The van der Waals surface area contributed by atoms with Crippen molar-refractivity contribution in [3.63, 3.8) is 0 Å². The first kappa shape index (κ1) is 12.1. The third-order valence-electron chi connectivity index (χ3n) is 2.23. The van der Waals surface area contributed by atoms with E-state index < -0.39 is 0 Å². The Bertz CT molecular complexity index is 236. The van der Waals surface area contributed by atoms with E-state index in [4.69, 9.17) is 0 Å². The Labute approximate surface area is 83.0 Å². The lowest BCUT2D eigenvalue weighted by Gasteiger charge is -2.05. The van der Waals surface area contributed by atoms with Crippen LogP contribution in [0.25, 0.3) is 0 Å². The van der Waals surface area contributed by atoms with Crippen LogP contribution < -0.4 is 5.32 Å². The minimum absolute atomic E-state index is 1.09. The van der Waals surface area contributed by atoms with Crippen LogP contribution in [0.15, 0.2) is 35.0 Å². The first-order valence-electron chi connectivity index (χ1n) is 4.84. The Kier molecular flexibility index (Phi) is 6.12. The average molecular weight is 177 g/mol. The van der Waals surface area contributed by atoms with Crippen molar-refractivity contribution in [2.75, 3.05) is 7.05 Å². The monoisotopic (exact) mass is 177 g/mol. The molecule has 0 atom stereocenters. The molecule has 1 nitrogen and oxygen atoms in total. The van der Waals surface area contributed by atoms with Crippen LogP contribution in [-0.2, 0) is 0 Å². The fraction of sp³-hybridized carbons (Fsp3) is 0.455. The molecule has 0 saturated carbocycles. The quantitative estimate of drug-likeness (QED) is 0.511. The largest absolute Gasteiger partial charge is 0.388 e. The molecule has 0 amide bonds. The van der Waals surface area contributed by atoms with Gasteiger partial charge in [0.1, 0.15) is 7.85 Å². The van der Waals surface area contributed by atoms with E-state index in [9.17, 15) is 0 Å². The molecule has 0 aromatic heterocycles. The lowest BCUT2D eigenvalue weighted by atomic mass is 9.95. The van der Waals surface area contributed by atoms with Crippen molar-refractivity contribution >= 4 is 7.85 Å². The van der Waals surface area contributed by atoms with E-state index in [1.807, 2.05) is 7.05 Å². The number of hydrogen-bond acceptors (Lipinski definition) is 1. The number of rotatable bonds is 4. The standard InChI is InChI=1S/C11H20BN/c1-5-9(3)11(13-4)8-7-10(12)6-2/h6-8,13H,5,12H2,1-4H3/b8-7-,10-6+,11-9-. The minimum atomic E-state index is 1.09. The summed E-state index contributed by atoms with van der Waals surface area (Å²) in [6.07, 6.45) is 7.46. The van der Waals surface area contributed by atoms with Gasteiger partial charge in [0.2, 0.25) is 0 Å². The topological polar surface area (TPSA) is 12.0 Å². The summed E-state index contributed by atoms with van der Waals surface area (Å²) < 4.78 is 0. The maximum Gasteiger partial charge on any atom is 0.138 e. The van der Waals surface area contributed by atoms with Gasteiger partial charge in [-0.1, -0.05) is 30.1 Å². The van der Waals surface area contributed by atoms with Gasteiger partial charge in [0.25, 0.3) is 0 Å². The predicted octanol–water partition coefficient (Wildman–Crippen LogP) is 1.98. The van der Waals surface area contributed by atoms with Crippen LogP contribution in [0, 0.1) is 0 Å². The smallest absolute Gasteiger partial charge is 0.138 e. The zero-order valence-electron chi connectivity index (χ0n) is 9.44. The Morgan fingerprint density at radius 3 is 2.38 bits per heavy atom. The molecule has 0 heterocycles. The molecule has 0 aliphatic carbocycles. The lowest BCUT2D eigenvalue weighted by Crippen LogP contribution is -2.05. The van der Waals surface area contributed by atoms with Crippen molar-refractivity contribution in [2.45, 2.75) is 27.2 Å². The van der Waals surface area contributed by atoms with Crippen molar-refractivity contribution < 1.29 is 0 Å². The first-order chi connectivity index (χ1) is 6.15. The van der Waals surface area contributed by atoms with Gasteiger partial charge in [-0.05, 0) is 26.3 Å². The SMILES string of the molecule is BC(/C=C\C(NC)=C(/C)CC)=C/C. The summed E-state index contributed by atoms with van der Waals surface area (Å²) in [5, 5.41) is 3.20. The summed E-state index contributed by atoms with van der Waals surface area (Å²) in [7, 11) is 4.06. The molecular formula is C11H20BN. The van der Waals surface area contributed by atoms with Gasteiger partial charge in [-0.2, -0.15) is 0 Å². The molecule has 0 spiro atoms. The van der Waals surface area contributed by atoms with E-state index in [-0.39, 0.29) is 0 Å². The molecule has 0 aromatic rings. The molecule has 0 saturated heterocycles. The summed E-state index contributed by atoms with van der Waals surface area (Å²) in [5.74, 6) is 0. The molecule has 0 bridgehead atoms. The summed E-state index contributed by atoms with van der Waals surface area (Å²) in [5.41, 5.74) is 3.91. The molecular weight excluding hydrogens is 157 g/mol. The van der Waals surface area contributed by atoms with Crippen molar-refractivity contribution in [3.8, 4) is 0 Å². The highest BCUT2D eigenvalue weighted by molar-refractivity contribution is 6.23. The fourth-order valence-electron chi connectivity index (χ4n) is 0.940. The molecule has 72 valence electrons. The number of nitrogens with one attached hydrogen (secondary N) is 1. The van der Waals surface area contributed by atoms with Crippen molar-refractivity contribution in [3.05, 3.63) is 35.0 Å². The zero-order chi connectivity index (χ0) is 10.3. The molecule has 2 heteroatoms. The van der Waals surface area contributed by atoms with Gasteiger partial charge >= 0.3 is 0 Å². The summed E-state index contributed by atoms with van der Waals surface area (Å²) in [6, 6.07) is 0. The van der Waals surface area contributed by atoms with Crippen LogP contribution in [0.1, 0.15) is 27.2 Å². The van der Waals surface area contributed by atoms with E-state index in [1.54, 1.807) is 0 Å². The summed E-state index contributed by atoms with van der Waals surface area (Å²) in [6.45, 7) is 6.37. The van der Waals surface area contributed by atoms with Gasteiger partial charge < -0.3 is 5.32 Å². The highest BCUT2D eigenvalue weighted by Gasteiger charge is 1.92. The van der Waals surface area contributed by atoms with Crippen molar-refractivity contribution in [2.24, 2.45) is 0 Å². The van der Waals surface area contributed by atoms with Gasteiger partial charge in [-0.25, -0.2) is 0 Å². The van der Waals surface area contributed by atoms with Crippen molar-refractivity contribution in [1.82, 2.24) is 5.32 Å². The minimum Gasteiger partial charge on any atom is -0.388 e. The zero-order valence-corrected chi connectivity index (χ0v) is 9.44. The van der Waals surface area contributed by atoms with Gasteiger partial charge in [0.05, 0.1) is 0 Å². The predicted molar refractivity (Wildman–Crippen MR) is 63.5 cm³/mol. The molecule has 0 aliphatic heterocycles. The van der Waals surface area contributed by atoms with Crippen LogP contribution in [0.3, 0.4) is 0 Å². The van der Waals surface area contributed by atoms with E-state index >= 15 is 0 Å². The van der Waals surface area contributed by atoms with E-state index in [0.29, 0.717) is 0 Å². The average Bonchev–Trinajstić information content (AvgIpc) is 2.17. The van der Waals surface area contributed by atoms with Crippen LogP contribution in [0.2, 0.25) is 0 Å². The third-order valence-corrected chi connectivity index (χ3v) is 2.23. The normalized spacial score (nSPS) is 14.6. The van der Waals surface area contributed by atoms with E-state index in [2.05, 4.69) is 52.2 Å². The van der Waals surface area contributed by atoms with Gasteiger partial charge in [0, 0.05) is 12.7 Å². The molecule has 0 fully saturated rings. The second-order valence-corrected chi connectivity index (χ2v) is 3.16. The van der Waals surface area contributed by atoms with Crippen LogP contribution in [0.4, 0.5) is 0 Å². The molecule has 0 aliphatic rings. The highest BCUT2D eigenvalue weighted by Crippen LogP contribution is 2.06. The molecule has 0 aromatic carbocycles. The molecule has 0 rings (SSSR count). The Hall–Kier alpha value is -0.915. The maximum atomic E-state index is 3.20. The lowest BCUT2D eigenvalue weighted by molar-refractivity contribution is 0.955. The molecule has 1 N–H and O–H groups in total. The van der Waals surface area contributed by atoms with Crippen LogP contribution in [-0.4, -0.2) is 14.9 Å². The van der Waals surface area contributed by atoms with E-state index in [0.717, 1.165) is 6.42 Å². The first-order valence-corrected chi connectivity index (χ1v) is 4.84. The Morgan fingerprint density at radius 1 is 1.38 bits per heavy atom. The van der Waals surface area contributed by atoms with Gasteiger partial charge in [-0.3, -0.25) is 0 Å². The Morgan fingerprint density at radius 2 is 2.00 bits per heavy atom. The van der Waals surface area contributed by atoms with Crippen molar-refractivity contribution in [1.29, 1.82) is 0 Å². The summed E-state index contributed by atoms with van der Waals surface area (Å²) in [4.78, 5) is 0. The molecule has 0 radical (unpaired) electrons. The van der Waals surface area contributed by atoms with Crippen LogP contribution in [0.5, 0.6) is 0 Å². The van der Waals surface area contributed by atoms with Gasteiger partial charge in [0.15, 0.2) is 0 Å². The number of hydrogen-bond donors (Lipinski definition) is 1. The highest BCUT2D eigenvalue weighted by atomic mass is 14.8. The van der Waals surface area contributed by atoms with Gasteiger partial charge in [-0.15, -0.1) is 0 Å². The number of likely N-dealkylation sites (N-methyl/N-ethyl adjacent to an activating group) is 1. The number of allylic oxidation sites excluding steroid dienone is 5. The Balaban J connectivity index is 4.56. The maximum absolute atomic E-state index is 3.20. The molecule has 13 heavy (non-hydrogen) atoms. The second kappa shape index (κ2) is 6.58. The van der Waals surface area contributed by atoms with Crippen LogP contribution >= 0.6 is 0 Å². The van der Waals surface area contributed by atoms with E-state index in [1.165, 1.54) is 16.7 Å².